The largest absolute Gasteiger partial charge is 0.853 e. The van der Waals surface area contributed by atoms with Crippen LogP contribution in [0.2, 0.25) is 0 Å². The summed E-state index contributed by atoms with van der Waals surface area (Å²) < 4.78 is 97.0. The molecule has 0 bridgehead atoms. The van der Waals surface area contributed by atoms with Crippen LogP contribution < -0.4 is 19.3 Å². The van der Waals surface area contributed by atoms with Crippen molar-refractivity contribution in [1.29, 1.82) is 0 Å². The molecule has 0 aliphatic rings. The molecule has 4 aromatic rings. The molecule has 0 fully saturated rings. The molecule has 0 radical (unpaired) electrons. The van der Waals surface area contributed by atoms with Crippen LogP contribution in [0, 0.1) is 0 Å². The Bertz CT molecular complexity index is 1880. The van der Waals surface area contributed by atoms with Gasteiger partial charge in [-0.2, -0.15) is 26.3 Å². The van der Waals surface area contributed by atoms with Gasteiger partial charge < -0.3 is 10.2 Å². The number of rotatable bonds is 19. The van der Waals surface area contributed by atoms with E-state index in [2.05, 4.69) is 23.8 Å². The van der Waals surface area contributed by atoms with Crippen molar-refractivity contribution >= 4 is 23.2 Å². The van der Waals surface area contributed by atoms with Gasteiger partial charge in [0.1, 0.15) is 24.8 Å². The normalized spacial score (nSPS) is 13.8. The van der Waals surface area contributed by atoms with Crippen LogP contribution in [0.4, 0.5) is 37.7 Å². The van der Waals surface area contributed by atoms with Crippen molar-refractivity contribution in [3.05, 3.63) is 96.1 Å². The minimum absolute atomic E-state index is 0.0926. The van der Waals surface area contributed by atoms with Gasteiger partial charge in [-0.15, -0.1) is 0 Å². The number of alkyl halides is 6. The first-order valence-electron chi connectivity index (χ1n) is 19.0. The highest BCUT2D eigenvalue weighted by atomic mass is 19.4. The fourth-order valence-electron chi connectivity index (χ4n) is 7.07. The number of aromatic nitrogens is 4. The van der Waals surface area contributed by atoms with E-state index in [1.165, 1.54) is 10.6 Å². The minimum Gasteiger partial charge on any atom is -0.853 e. The summed E-state index contributed by atoms with van der Waals surface area (Å²) in [5, 5.41) is 26.7. The Hall–Kier alpha value is -4.62. The maximum absolute atomic E-state index is 15.1. The van der Waals surface area contributed by atoms with Crippen molar-refractivity contribution in [1.82, 2.24) is 9.13 Å². The molecule has 14 heteroatoms. The molecule has 300 valence electrons. The van der Waals surface area contributed by atoms with Crippen molar-refractivity contribution in [2.24, 2.45) is 24.1 Å². The number of imidazole rings is 2. The second kappa shape index (κ2) is 18.8. The van der Waals surface area contributed by atoms with Crippen LogP contribution >= 0.6 is 0 Å². The summed E-state index contributed by atoms with van der Waals surface area (Å²) in [5.41, 5.74) is -7.25. The van der Waals surface area contributed by atoms with Crippen molar-refractivity contribution in [3.63, 3.8) is 0 Å². The summed E-state index contributed by atoms with van der Waals surface area (Å²) in [4.78, 5) is 8.03. The molecule has 0 spiro atoms. The SMILES string of the molecule is CCCCCCCCn1cc[n+](C)c1C([O-])=Nc1ccc(C(c2cccc(N=C([O-])c3n(C(C)CCCCCC)cc[n+]3C)c2)(C(F)(F)F)C(F)(F)F)cc1. The van der Waals surface area contributed by atoms with Crippen molar-refractivity contribution in [2.45, 2.75) is 122 Å². The lowest BCUT2D eigenvalue weighted by molar-refractivity contribution is -0.674. The van der Waals surface area contributed by atoms with Crippen LogP contribution in [0.15, 0.2) is 83.3 Å². The predicted octanol–water partition coefficient (Wildman–Crippen LogP) is 8.12. The van der Waals surface area contributed by atoms with E-state index in [0.717, 1.165) is 94.9 Å². The topological polar surface area (TPSA) is 88.5 Å². The zero-order chi connectivity index (χ0) is 40.4. The third-order valence-electron chi connectivity index (χ3n) is 10.1. The van der Waals surface area contributed by atoms with E-state index < -0.39 is 40.7 Å². The smallest absolute Gasteiger partial charge is 0.411 e. The lowest BCUT2D eigenvalue weighted by atomic mass is 9.72. The maximum atomic E-state index is 15.1. The van der Waals surface area contributed by atoms with Crippen LogP contribution in [0.5, 0.6) is 0 Å². The van der Waals surface area contributed by atoms with Gasteiger partial charge in [0.15, 0.2) is 0 Å². The van der Waals surface area contributed by atoms with E-state index in [-0.39, 0.29) is 29.1 Å². The molecule has 0 saturated carbocycles. The molecule has 2 aromatic heterocycles. The fourth-order valence-corrected chi connectivity index (χ4v) is 7.07. The Morgan fingerprint density at radius 1 is 0.673 bits per heavy atom. The second-order valence-electron chi connectivity index (χ2n) is 14.2. The van der Waals surface area contributed by atoms with Crippen LogP contribution in [-0.4, -0.2) is 33.3 Å². The molecule has 1 unspecified atom stereocenters. The Morgan fingerprint density at radius 2 is 1.22 bits per heavy atom. The van der Waals surface area contributed by atoms with E-state index in [1.54, 1.807) is 52.6 Å². The van der Waals surface area contributed by atoms with Crippen LogP contribution in [0.25, 0.3) is 0 Å². The molecule has 4 rings (SSSR count). The monoisotopic (exact) mass is 774 g/mol. The fraction of sp³-hybridized carbons (Fsp3) is 0.512. The average Bonchev–Trinajstić information content (AvgIpc) is 3.69. The van der Waals surface area contributed by atoms with Gasteiger partial charge in [-0.3, -0.25) is 9.98 Å². The zero-order valence-corrected chi connectivity index (χ0v) is 32.3. The van der Waals surface area contributed by atoms with Gasteiger partial charge in [-0.25, -0.2) is 18.3 Å². The lowest BCUT2D eigenvalue weighted by Gasteiger charge is -2.38. The van der Waals surface area contributed by atoms with E-state index in [0.29, 0.717) is 24.7 Å². The molecule has 0 N–H and O–H groups in total. The van der Waals surface area contributed by atoms with Gasteiger partial charge in [0.05, 0.1) is 49.9 Å². The number of unbranched alkanes of at least 4 members (excludes halogenated alkanes) is 8. The minimum atomic E-state index is -5.87. The quantitative estimate of drug-likeness (QED) is 0.0317. The third-order valence-corrected chi connectivity index (χ3v) is 10.1. The number of hydrogen-bond acceptors (Lipinski definition) is 4. The molecule has 8 nitrogen and oxygen atoms in total. The van der Waals surface area contributed by atoms with E-state index in [9.17, 15) is 10.2 Å². The van der Waals surface area contributed by atoms with Gasteiger partial charge >= 0.3 is 12.4 Å². The van der Waals surface area contributed by atoms with Crippen molar-refractivity contribution in [2.75, 3.05) is 0 Å². The Balaban J connectivity index is 1.68. The number of benzene rings is 2. The van der Waals surface area contributed by atoms with E-state index in [1.807, 2.05) is 6.92 Å². The molecule has 0 saturated heterocycles. The van der Waals surface area contributed by atoms with Gasteiger partial charge in [-0.05, 0) is 68.0 Å². The summed E-state index contributed by atoms with van der Waals surface area (Å²) in [6.45, 7) is 6.73. The molecule has 0 aliphatic heterocycles. The lowest BCUT2D eigenvalue weighted by Crippen LogP contribution is -2.54. The standard InChI is InChI=1S/C41H52F6N6O2/c1-6-8-10-12-13-15-24-52-27-25-50(4)37(52)35(54)48-33-22-20-31(21-23-33)39(40(42,43)44,41(45,46)47)32-18-16-19-34(29-32)49-36(55)38-51(5)26-28-53(38)30(3)17-14-11-9-7-2/h16,18-23,25-30H,6-15,17,24H2,1-5H3. The van der Waals surface area contributed by atoms with Gasteiger partial charge in [0.25, 0.3) is 11.6 Å². The number of nitrogens with zero attached hydrogens (tertiary/aromatic N) is 6. The summed E-state index contributed by atoms with van der Waals surface area (Å²) >= 11 is 0. The number of aryl methyl sites for hydroxylation is 3. The van der Waals surface area contributed by atoms with Crippen LogP contribution in [-0.2, 0) is 26.1 Å². The van der Waals surface area contributed by atoms with Crippen molar-refractivity contribution < 1.29 is 45.7 Å². The third kappa shape index (κ3) is 9.98. The Morgan fingerprint density at radius 3 is 1.85 bits per heavy atom. The average molecular weight is 775 g/mol. The highest BCUT2D eigenvalue weighted by Gasteiger charge is 2.72. The molecular weight excluding hydrogens is 722 g/mol. The van der Waals surface area contributed by atoms with Gasteiger partial charge in [-0.1, -0.05) is 83.1 Å². The van der Waals surface area contributed by atoms with Crippen LogP contribution in [0.3, 0.4) is 0 Å². The molecule has 2 aromatic carbocycles. The molecule has 0 aliphatic carbocycles. The van der Waals surface area contributed by atoms with Crippen LogP contribution in [0.1, 0.15) is 120 Å². The first-order chi connectivity index (χ1) is 26.1. The predicted molar refractivity (Wildman–Crippen MR) is 196 cm³/mol. The highest BCUT2D eigenvalue weighted by Crippen LogP contribution is 2.56. The molecule has 2 heterocycles. The molecule has 55 heavy (non-hydrogen) atoms. The molecule has 1 atom stereocenters. The number of aliphatic imine (C=N–C) groups is 2. The first-order valence-corrected chi connectivity index (χ1v) is 19.0. The Labute approximate surface area is 319 Å². The van der Waals surface area contributed by atoms with E-state index in [4.69, 9.17) is 0 Å². The summed E-state index contributed by atoms with van der Waals surface area (Å²) in [7, 11) is 3.28. The zero-order valence-electron chi connectivity index (χ0n) is 32.3. The van der Waals surface area contributed by atoms with Gasteiger partial charge in [0, 0.05) is 0 Å². The van der Waals surface area contributed by atoms with Crippen molar-refractivity contribution in [3.8, 4) is 0 Å². The second-order valence-corrected chi connectivity index (χ2v) is 14.2. The summed E-state index contributed by atoms with van der Waals surface area (Å²) in [6.07, 6.45) is 6.20. The molecular formula is C41H52F6N6O2. The van der Waals surface area contributed by atoms with Gasteiger partial charge in [0.2, 0.25) is 5.41 Å². The maximum Gasteiger partial charge on any atom is 0.411 e. The number of hydrogen-bond donors (Lipinski definition) is 0. The Kier molecular flexibility index (Phi) is 14.7. The number of halogens is 6. The highest BCUT2D eigenvalue weighted by molar-refractivity contribution is 5.88. The molecule has 0 amide bonds. The van der Waals surface area contributed by atoms with E-state index >= 15 is 26.3 Å². The summed E-state index contributed by atoms with van der Waals surface area (Å²) in [6, 6.07) is 6.81. The summed E-state index contributed by atoms with van der Waals surface area (Å²) in [5.74, 6) is -1.12. The first kappa shape index (κ1) is 43.1.